The fourth-order valence-corrected chi connectivity index (χ4v) is 4.34. The quantitative estimate of drug-likeness (QED) is 0.769. The number of sulfonamides is 1. The van der Waals surface area contributed by atoms with Crippen LogP contribution in [0, 0.1) is 13.8 Å². The Morgan fingerprint density at radius 3 is 2.32 bits per heavy atom. The van der Waals surface area contributed by atoms with Crippen LogP contribution in [0.25, 0.3) is 0 Å². The van der Waals surface area contributed by atoms with Crippen molar-refractivity contribution in [3.63, 3.8) is 0 Å². The summed E-state index contributed by atoms with van der Waals surface area (Å²) >= 11 is 3.33. The second kappa shape index (κ2) is 6.90. The summed E-state index contributed by atoms with van der Waals surface area (Å²) in [4.78, 5) is 12.7. The predicted octanol–water partition coefficient (Wildman–Crippen LogP) is 3.76. The Balaban J connectivity index is 1.87. The van der Waals surface area contributed by atoms with Gasteiger partial charge in [-0.15, -0.1) is 0 Å². The highest BCUT2D eigenvalue weighted by Gasteiger charge is 2.28. The Labute approximate surface area is 156 Å². The average molecular weight is 423 g/mol. The molecule has 25 heavy (non-hydrogen) atoms. The molecule has 1 amide bonds. The average Bonchev–Trinajstić information content (AvgIpc) is 3.29. The van der Waals surface area contributed by atoms with Crippen LogP contribution in [0.3, 0.4) is 0 Å². The summed E-state index contributed by atoms with van der Waals surface area (Å²) in [6.45, 7) is 3.91. The highest BCUT2D eigenvalue weighted by molar-refractivity contribution is 9.10. The maximum atomic E-state index is 12.6. The van der Waals surface area contributed by atoms with Crippen LogP contribution in [0.4, 0.5) is 5.69 Å². The van der Waals surface area contributed by atoms with Crippen LogP contribution in [-0.4, -0.2) is 20.4 Å². The molecule has 1 fully saturated rings. The van der Waals surface area contributed by atoms with Crippen molar-refractivity contribution in [1.29, 1.82) is 0 Å². The van der Waals surface area contributed by atoms with E-state index in [1.807, 2.05) is 32.0 Å². The van der Waals surface area contributed by atoms with Gasteiger partial charge < -0.3 is 5.32 Å². The smallest absolute Gasteiger partial charge is 0.256 e. The second-order valence-corrected chi connectivity index (χ2v) is 8.94. The van der Waals surface area contributed by atoms with E-state index in [0.717, 1.165) is 24.0 Å². The Kier molecular flexibility index (Phi) is 4.99. The van der Waals surface area contributed by atoms with E-state index in [9.17, 15) is 13.2 Å². The van der Waals surface area contributed by atoms with Gasteiger partial charge in [-0.25, -0.2) is 13.1 Å². The largest absolute Gasteiger partial charge is 0.322 e. The maximum absolute atomic E-state index is 12.6. The molecule has 0 aliphatic heterocycles. The number of carbonyl (C=O) groups excluding carboxylic acids is 1. The summed E-state index contributed by atoms with van der Waals surface area (Å²) < 4.78 is 27.9. The lowest BCUT2D eigenvalue weighted by molar-refractivity contribution is 0.102. The first-order valence-electron chi connectivity index (χ1n) is 7.96. The highest BCUT2D eigenvalue weighted by Crippen LogP contribution is 2.26. The molecule has 2 aromatic rings. The van der Waals surface area contributed by atoms with Crippen molar-refractivity contribution in [2.45, 2.75) is 37.6 Å². The van der Waals surface area contributed by atoms with Gasteiger partial charge in [0.2, 0.25) is 10.0 Å². The molecular formula is C18H19BrN2O3S. The summed E-state index contributed by atoms with van der Waals surface area (Å²) in [7, 11) is -3.61. The molecule has 7 heteroatoms. The van der Waals surface area contributed by atoms with Crippen LogP contribution in [-0.2, 0) is 10.0 Å². The minimum absolute atomic E-state index is 0.0150. The molecule has 1 aliphatic rings. The molecule has 0 unspecified atom stereocenters. The van der Waals surface area contributed by atoms with Gasteiger partial charge in [0.05, 0.1) is 10.5 Å². The lowest BCUT2D eigenvalue weighted by atomic mass is 10.1. The van der Waals surface area contributed by atoms with Gasteiger partial charge in [0.25, 0.3) is 5.91 Å². The summed E-state index contributed by atoms with van der Waals surface area (Å²) in [5, 5.41) is 2.83. The van der Waals surface area contributed by atoms with Gasteiger partial charge in [-0.3, -0.25) is 4.79 Å². The van der Waals surface area contributed by atoms with Crippen molar-refractivity contribution in [2.24, 2.45) is 0 Å². The molecule has 3 rings (SSSR count). The predicted molar refractivity (Wildman–Crippen MR) is 101 cm³/mol. The lowest BCUT2D eigenvalue weighted by Gasteiger charge is -2.11. The summed E-state index contributed by atoms with van der Waals surface area (Å²) in [5.74, 6) is -0.361. The third-order valence-corrected chi connectivity index (χ3v) is 6.08. The summed E-state index contributed by atoms with van der Waals surface area (Å²) in [5.41, 5.74) is 3.04. The third kappa shape index (κ3) is 4.48. The van der Waals surface area contributed by atoms with E-state index in [-0.39, 0.29) is 22.4 Å². The fraction of sp³-hybridized carbons (Fsp3) is 0.278. The van der Waals surface area contributed by atoms with Gasteiger partial charge >= 0.3 is 0 Å². The Hall–Kier alpha value is -1.70. The molecule has 0 saturated heterocycles. The summed E-state index contributed by atoms with van der Waals surface area (Å²) in [6.07, 6.45) is 1.71. The van der Waals surface area contributed by atoms with E-state index < -0.39 is 10.0 Å². The van der Waals surface area contributed by atoms with Crippen LogP contribution < -0.4 is 10.0 Å². The number of hydrogen-bond acceptors (Lipinski definition) is 3. The molecule has 0 aromatic heterocycles. The Bertz CT molecular complexity index is 917. The van der Waals surface area contributed by atoms with E-state index in [2.05, 4.69) is 26.0 Å². The van der Waals surface area contributed by atoms with Gasteiger partial charge in [0.1, 0.15) is 0 Å². The van der Waals surface area contributed by atoms with E-state index in [0.29, 0.717) is 10.2 Å². The topological polar surface area (TPSA) is 75.3 Å². The molecular weight excluding hydrogens is 404 g/mol. The lowest BCUT2D eigenvalue weighted by Crippen LogP contribution is -2.26. The van der Waals surface area contributed by atoms with Crippen molar-refractivity contribution in [3.8, 4) is 0 Å². The SMILES string of the molecule is Cc1cc(C)cc(NC(=O)c2cc(S(=O)(=O)NC3CC3)ccc2Br)c1. The number of amides is 1. The molecule has 2 N–H and O–H groups in total. The standard InChI is InChI=1S/C18H19BrN2O3S/c1-11-7-12(2)9-14(8-11)20-18(22)16-10-15(5-6-17(16)19)25(23,24)21-13-3-4-13/h5-10,13,21H,3-4H2,1-2H3,(H,20,22). The zero-order valence-electron chi connectivity index (χ0n) is 14.0. The number of benzene rings is 2. The van der Waals surface area contributed by atoms with Gasteiger partial charge in [0, 0.05) is 16.2 Å². The number of anilines is 1. The monoisotopic (exact) mass is 422 g/mol. The minimum atomic E-state index is -3.61. The van der Waals surface area contributed by atoms with Crippen molar-refractivity contribution in [3.05, 3.63) is 57.6 Å². The zero-order chi connectivity index (χ0) is 18.2. The highest BCUT2D eigenvalue weighted by atomic mass is 79.9. The molecule has 1 aliphatic carbocycles. The maximum Gasteiger partial charge on any atom is 0.256 e. The first-order valence-corrected chi connectivity index (χ1v) is 10.2. The van der Waals surface area contributed by atoms with Crippen molar-refractivity contribution in [2.75, 3.05) is 5.32 Å². The van der Waals surface area contributed by atoms with Crippen LogP contribution in [0.5, 0.6) is 0 Å². The second-order valence-electron chi connectivity index (χ2n) is 6.37. The number of hydrogen-bond donors (Lipinski definition) is 2. The van der Waals surface area contributed by atoms with Crippen molar-refractivity contribution < 1.29 is 13.2 Å². The van der Waals surface area contributed by atoms with Crippen LogP contribution in [0.2, 0.25) is 0 Å². The van der Waals surface area contributed by atoms with Crippen molar-refractivity contribution in [1.82, 2.24) is 4.72 Å². The number of nitrogens with one attached hydrogen (secondary N) is 2. The molecule has 0 radical (unpaired) electrons. The number of carbonyl (C=O) groups is 1. The van der Waals surface area contributed by atoms with Gasteiger partial charge in [-0.1, -0.05) is 6.07 Å². The normalized spacial score (nSPS) is 14.4. The number of halogens is 1. The fourth-order valence-electron chi connectivity index (χ4n) is 2.58. The van der Waals surface area contributed by atoms with E-state index in [1.54, 1.807) is 6.07 Å². The van der Waals surface area contributed by atoms with E-state index >= 15 is 0 Å². The van der Waals surface area contributed by atoms with Crippen LogP contribution in [0.1, 0.15) is 34.3 Å². The first-order chi connectivity index (χ1) is 11.7. The molecule has 1 saturated carbocycles. The molecule has 5 nitrogen and oxygen atoms in total. The number of aryl methyl sites for hydroxylation is 2. The Morgan fingerprint density at radius 1 is 1.08 bits per heavy atom. The zero-order valence-corrected chi connectivity index (χ0v) is 16.4. The molecule has 132 valence electrons. The minimum Gasteiger partial charge on any atom is -0.322 e. The molecule has 0 atom stereocenters. The van der Waals surface area contributed by atoms with E-state index in [1.165, 1.54) is 12.1 Å². The molecule has 0 heterocycles. The van der Waals surface area contributed by atoms with Gasteiger partial charge in [-0.05, 0) is 84.1 Å². The first kappa shape index (κ1) is 18.1. The van der Waals surface area contributed by atoms with Crippen LogP contribution in [0.15, 0.2) is 45.8 Å². The Morgan fingerprint density at radius 2 is 1.72 bits per heavy atom. The van der Waals surface area contributed by atoms with Crippen LogP contribution >= 0.6 is 15.9 Å². The molecule has 0 bridgehead atoms. The third-order valence-electron chi connectivity index (χ3n) is 3.87. The molecule has 2 aromatic carbocycles. The summed E-state index contributed by atoms with van der Waals surface area (Å²) in [6, 6.07) is 10.2. The van der Waals surface area contributed by atoms with Gasteiger partial charge in [0.15, 0.2) is 0 Å². The van der Waals surface area contributed by atoms with Gasteiger partial charge in [-0.2, -0.15) is 0 Å². The number of rotatable bonds is 5. The van der Waals surface area contributed by atoms with Crippen molar-refractivity contribution >= 4 is 37.5 Å². The molecule has 0 spiro atoms. The van der Waals surface area contributed by atoms with E-state index in [4.69, 9.17) is 0 Å².